The molecule has 0 aromatic heterocycles. The van der Waals surface area contributed by atoms with Gasteiger partial charge in [-0.2, -0.15) is 4.72 Å². The number of carbonyl (C=O) groups excluding carboxylic acids is 2. The molecule has 1 atom stereocenters. The molecule has 0 saturated heterocycles. The Labute approximate surface area is 194 Å². The van der Waals surface area contributed by atoms with E-state index in [0.717, 1.165) is 5.56 Å². The highest BCUT2D eigenvalue weighted by Crippen LogP contribution is 2.19. The number of halogens is 1. The second-order valence-electron chi connectivity index (χ2n) is 8.69. The Bertz CT molecular complexity index is 1040. The van der Waals surface area contributed by atoms with E-state index in [0.29, 0.717) is 12.2 Å². The van der Waals surface area contributed by atoms with E-state index in [4.69, 9.17) is 9.47 Å². The fraction of sp³-hybridized carbons (Fsp3) is 0.417. The zero-order chi connectivity index (χ0) is 24.6. The van der Waals surface area contributed by atoms with E-state index >= 15 is 0 Å². The van der Waals surface area contributed by atoms with Gasteiger partial charge in [0, 0.05) is 6.42 Å². The second-order valence-corrected chi connectivity index (χ2v) is 10.4. The molecule has 0 heterocycles. The van der Waals surface area contributed by atoms with Crippen LogP contribution in [0.5, 0.6) is 5.75 Å². The lowest BCUT2D eigenvalue weighted by atomic mass is 10.1. The predicted molar refractivity (Wildman–Crippen MR) is 122 cm³/mol. The van der Waals surface area contributed by atoms with Gasteiger partial charge in [0.2, 0.25) is 10.0 Å². The number of carbonyl (C=O) groups is 2. The van der Waals surface area contributed by atoms with Gasteiger partial charge < -0.3 is 14.3 Å². The van der Waals surface area contributed by atoms with Gasteiger partial charge in [-0.1, -0.05) is 12.1 Å². The van der Waals surface area contributed by atoms with Crippen LogP contribution in [0.2, 0.25) is 0 Å². The molecule has 0 spiro atoms. The van der Waals surface area contributed by atoms with Crippen LogP contribution in [0.25, 0.3) is 0 Å². The first-order valence-corrected chi connectivity index (χ1v) is 12.1. The van der Waals surface area contributed by atoms with E-state index < -0.39 is 27.6 Å². The number of esters is 1. The van der Waals surface area contributed by atoms with Crippen molar-refractivity contribution in [1.29, 1.82) is 0 Å². The Morgan fingerprint density at radius 1 is 1.03 bits per heavy atom. The summed E-state index contributed by atoms with van der Waals surface area (Å²) >= 11 is 0. The Balaban J connectivity index is 2.07. The average molecular weight is 480 g/mol. The first kappa shape index (κ1) is 26.5. The molecule has 0 saturated carbocycles. The smallest absolute Gasteiger partial charge is 0.324 e. The number of rotatable bonds is 11. The van der Waals surface area contributed by atoms with Crippen LogP contribution in [-0.2, 0) is 31.0 Å². The molecular weight excluding hydrogens is 449 g/mol. The molecule has 0 fully saturated rings. The first-order valence-electron chi connectivity index (χ1n) is 10.6. The molecule has 0 aliphatic rings. The number of Topliss-reactive ketones (excluding diaryl/α,β-unsaturated/α-hetero) is 1. The third-order valence-electron chi connectivity index (χ3n) is 4.46. The lowest BCUT2D eigenvalue weighted by molar-refractivity contribution is -0.157. The zero-order valence-electron chi connectivity index (χ0n) is 19.3. The van der Waals surface area contributed by atoms with Gasteiger partial charge in [-0.25, -0.2) is 12.8 Å². The summed E-state index contributed by atoms with van der Waals surface area (Å²) in [5.74, 6) is -0.652. The first-order chi connectivity index (χ1) is 15.4. The number of benzene rings is 2. The quantitative estimate of drug-likeness (QED) is 0.486. The van der Waals surface area contributed by atoms with Gasteiger partial charge in [0.1, 0.15) is 35.6 Å². The molecule has 9 heteroatoms. The second kappa shape index (κ2) is 11.4. The maximum atomic E-state index is 13.0. The largest absolute Gasteiger partial charge is 0.489 e. The number of sulfonamides is 1. The summed E-state index contributed by atoms with van der Waals surface area (Å²) in [4.78, 5) is 23.8. The minimum Gasteiger partial charge on any atom is -0.489 e. The Kier molecular flexibility index (Phi) is 9.13. The average Bonchev–Trinajstić information content (AvgIpc) is 2.71. The molecule has 1 N–H and O–H groups in total. The van der Waals surface area contributed by atoms with Crippen LogP contribution in [0.4, 0.5) is 4.39 Å². The fourth-order valence-electron chi connectivity index (χ4n) is 2.87. The zero-order valence-corrected chi connectivity index (χ0v) is 20.1. The van der Waals surface area contributed by atoms with E-state index in [1.807, 2.05) is 0 Å². The fourth-order valence-corrected chi connectivity index (χ4v) is 4.09. The van der Waals surface area contributed by atoms with E-state index in [-0.39, 0.29) is 35.9 Å². The Hall–Kier alpha value is -2.78. The highest BCUT2D eigenvalue weighted by atomic mass is 32.2. The van der Waals surface area contributed by atoms with Crippen LogP contribution in [-0.4, -0.2) is 31.8 Å². The van der Waals surface area contributed by atoms with Crippen molar-refractivity contribution in [3.8, 4) is 5.75 Å². The Morgan fingerprint density at radius 2 is 1.64 bits per heavy atom. The number of hydrogen-bond donors (Lipinski definition) is 1. The van der Waals surface area contributed by atoms with E-state index in [2.05, 4.69) is 4.72 Å². The molecule has 7 nitrogen and oxygen atoms in total. The summed E-state index contributed by atoms with van der Waals surface area (Å²) in [7, 11) is -4.03. The maximum absolute atomic E-state index is 13.0. The monoisotopic (exact) mass is 479 g/mol. The number of nitrogens with one attached hydrogen (secondary N) is 1. The van der Waals surface area contributed by atoms with Crippen LogP contribution in [0, 0.1) is 5.82 Å². The van der Waals surface area contributed by atoms with E-state index in [1.54, 1.807) is 32.9 Å². The van der Waals surface area contributed by atoms with Gasteiger partial charge in [0.15, 0.2) is 0 Å². The maximum Gasteiger partial charge on any atom is 0.324 e. The van der Waals surface area contributed by atoms with Crippen LogP contribution in [0.1, 0.15) is 52.5 Å². The minimum absolute atomic E-state index is 0.0444. The van der Waals surface area contributed by atoms with E-state index in [9.17, 15) is 22.4 Å². The molecule has 0 amide bonds. The molecule has 2 rings (SSSR count). The van der Waals surface area contributed by atoms with Gasteiger partial charge in [0.05, 0.1) is 4.90 Å². The number of ketones is 1. The summed E-state index contributed by atoms with van der Waals surface area (Å²) in [6, 6.07) is 10.5. The molecular formula is C24H30FNO6S. The van der Waals surface area contributed by atoms with Crippen molar-refractivity contribution < 1.29 is 31.9 Å². The summed E-state index contributed by atoms with van der Waals surface area (Å²) < 4.78 is 52.1. The standard InChI is InChI=1S/C24H30FNO6S/c1-17(27)6-5-7-22(23(28)32-24(2,3)4)26-33(29,30)21-14-12-20(13-15-21)31-16-18-8-10-19(25)11-9-18/h8-15,22,26H,5-7,16H2,1-4H3. The Morgan fingerprint density at radius 3 is 2.18 bits per heavy atom. The molecule has 0 radical (unpaired) electrons. The van der Waals surface area contributed by atoms with Gasteiger partial charge in [-0.05, 0) is 82.5 Å². The van der Waals surface area contributed by atoms with Gasteiger partial charge in [-0.15, -0.1) is 0 Å². The van der Waals surface area contributed by atoms with Crippen molar-refractivity contribution in [3.63, 3.8) is 0 Å². The van der Waals surface area contributed by atoms with Crippen molar-refractivity contribution >= 4 is 21.8 Å². The highest BCUT2D eigenvalue weighted by molar-refractivity contribution is 7.89. The summed E-state index contributed by atoms with van der Waals surface area (Å²) in [5, 5.41) is 0. The van der Waals surface area contributed by atoms with Crippen molar-refractivity contribution in [2.75, 3.05) is 0 Å². The van der Waals surface area contributed by atoms with Crippen molar-refractivity contribution in [2.45, 2.75) is 70.1 Å². The molecule has 180 valence electrons. The lowest BCUT2D eigenvalue weighted by Gasteiger charge is -2.24. The third-order valence-corrected chi connectivity index (χ3v) is 5.95. The SMILES string of the molecule is CC(=O)CCCC(NS(=O)(=O)c1ccc(OCc2ccc(F)cc2)cc1)C(=O)OC(C)(C)C. The van der Waals surface area contributed by atoms with Crippen molar-refractivity contribution in [1.82, 2.24) is 4.72 Å². The molecule has 2 aromatic carbocycles. The molecule has 33 heavy (non-hydrogen) atoms. The predicted octanol–water partition coefficient (Wildman–Crippen LogP) is 4.15. The van der Waals surface area contributed by atoms with E-state index in [1.165, 1.54) is 43.3 Å². The summed E-state index contributed by atoms with van der Waals surface area (Å²) in [5.41, 5.74) is -0.0225. The molecule has 0 aliphatic heterocycles. The highest BCUT2D eigenvalue weighted by Gasteiger charge is 2.29. The lowest BCUT2D eigenvalue weighted by Crippen LogP contribution is -2.44. The molecule has 0 bridgehead atoms. The van der Waals surface area contributed by atoms with Crippen molar-refractivity contribution in [2.24, 2.45) is 0 Å². The summed E-state index contributed by atoms with van der Waals surface area (Å²) in [6.07, 6.45) is 0.714. The number of hydrogen-bond acceptors (Lipinski definition) is 6. The van der Waals surface area contributed by atoms with Crippen LogP contribution < -0.4 is 9.46 Å². The normalized spacial score (nSPS) is 12.8. The minimum atomic E-state index is -4.03. The van der Waals surface area contributed by atoms with Crippen LogP contribution in [0.3, 0.4) is 0 Å². The van der Waals surface area contributed by atoms with Crippen molar-refractivity contribution in [3.05, 3.63) is 59.9 Å². The van der Waals surface area contributed by atoms with Crippen LogP contribution in [0.15, 0.2) is 53.4 Å². The van der Waals surface area contributed by atoms with Crippen LogP contribution >= 0.6 is 0 Å². The number of ether oxygens (including phenoxy) is 2. The topological polar surface area (TPSA) is 98.8 Å². The van der Waals surface area contributed by atoms with Gasteiger partial charge in [-0.3, -0.25) is 4.79 Å². The summed E-state index contributed by atoms with van der Waals surface area (Å²) in [6.45, 7) is 6.71. The molecule has 2 aromatic rings. The van der Waals surface area contributed by atoms with Gasteiger partial charge >= 0.3 is 5.97 Å². The van der Waals surface area contributed by atoms with Gasteiger partial charge in [0.25, 0.3) is 0 Å². The molecule has 1 unspecified atom stereocenters. The third kappa shape index (κ3) is 9.31. The molecule has 0 aliphatic carbocycles.